The van der Waals surface area contributed by atoms with Gasteiger partial charge in [-0.05, 0) is 56.8 Å². The smallest absolute Gasteiger partial charge is 0.149 e. The summed E-state index contributed by atoms with van der Waals surface area (Å²) in [5.41, 5.74) is 1.20. The lowest BCUT2D eigenvalue weighted by molar-refractivity contribution is 0.975. The summed E-state index contributed by atoms with van der Waals surface area (Å²) in [6, 6.07) is 4.07. The Hall–Kier alpha value is -0.0400. The van der Waals surface area contributed by atoms with Crippen LogP contribution >= 0.6 is 55.4 Å². The van der Waals surface area contributed by atoms with Crippen molar-refractivity contribution in [3.8, 4) is 10.7 Å². The first-order valence-corrected chi connectivity index (χ1v) is 8.01. The number of rotatable bonds is 2. The maximum atomic E-state index is 5.30. The van der Waals surface area contributed by atoms with Crippen molar-refractivity contribution < 1.29 is 0 Å². The van der Waals surface area contributed by atoms with E-state index in [9.17, 15) is 0 Å². The van der Waals surface area contributed by atoms with E-state index in [4.69, 9.17) is 12.2 Å². The van der Waals surface area contributed by atoms with Crippen molar-refractivity contribution in [3.05, 3.63) is 30.7 Å². The fourth-order valence-corrected chi connectivity index (χ4v) is 3.73. The molecule has 0 unspecified atom stereocenters. The zero-order chi connectivity index (χ0) is 12.0. The van der Waals surface area contributed by atoms with Crippen LogP contribution in [0.5, 0.6) is 0 Å². The highest BCUT2D eigenvalue weighted by Crippen LogP contribution is 2.43. The highest BCUT2D eigenvalue weighted by atomic mass is 79.9. The highest BCUT2D eigenvalue weighted by Gasteiger charge is 2.27. The van der Waals surface area contributed by atoms with E-state index in [1.165, 1.54) is 18.5 Å². The third-order valence-electron chi connectivity index (χ3n) is 2.68. The normalized spacial score (nSPS) is 15.2. The zero-order valence-corrected chi connectivity index (χ0v) is 13.5. The van der Waals surface area contributed by atoms with Crippen molar-refractivity contribution in [1.29, 1.82) is 0 Å². The van der Waals surface area contributed by atoms with Gasteiger partial charge < -0.3 is 4.98 Å². The third kappa shape index (κ3) is 2.41. The summed E-state index contributed by atoms with van der Waals surface area (Å²) in [7, 11) is 0. The van der Waals surface area contributed by atoms with E-state index in [0.29, 0.717) is 10.6 Å². The molecule has 3 rings (SSSR count). The van der Waals surface area contributed by atoms with E-state index in [0.717, 1.165) is 19.0 Å². The summed E-state index contributed by atoms with van der Waals surface area (Å²) in [5, 5.41) is 0. The summed E-state index contributed by atoms with van der Waals surface area (Å²) in [6.45, 7) is 0. The molecule has 0 spiro atoms. The molecule has 0 bridgehead atoms. The summed E-state index contributed by atoms with van der Waals surface area (Å²) in [6.07, 6.45) is 2.48. The van der Waals surface area contributed by atoms with Crippen LogP contribution in [0.25, 0.3) is 10.7 Å². The molecule has 1 aliphatic carbocycles. The Morgan fingerprint density at radius 2 is 2.12 bits per heavy atom. The van der Waals surface area contributed by atoms with Crippen LogP contribution in [0.4, 0.5) is 0 Å². The number of aromatic amines is 1. The molecule has 6 heteroatoms. The van der Waals surface area contributed by atoms with Gasteiger partial charge in [0.05, 0.1) is 13.1 Å². The van der Waals surface area contributed by atoms with Gasteiger partial charge in [-0.1, -0.05) is 12.2 Å². The van der Waals surface area contributed by atoms with Crippen LogP contribution in [0.3, 0.4) is 0 Å². The van der Waals surface area contributed by atoms with Crippen LogP contribution in [0.15, 0.2) is 20.4 Å². The third-order valence-corrected chi connectivity index (χ3v) is 5.67. The van der Waals surface area contributed by atoms with Gasteiger partial charge in [0.2, 0.25) is 0 Å². The largest absolute Gasteiger partial charge is 0.341 e. The molecule has 2 heterocycles. The van der Waals surface area contributed by atoms with Gasteiger partial charge >= 0.3 is 0 Å². The minimum absolute atomic E-state index is 0.622. The fraction of sp³-hybridized carbons (Fsp3) is 0.273. The Balaban J connectivity index is 2.14. The summed E-state index contributed by atoms with van der Waals surface area (Å²) in [5.74, 6) is 1.49. The second-order valence-electron chi connectivity index (χ2n) is 4.00. The van der Waals surface area contributed by atoms with Gasteiger partial charge in [-0.15, -0.1) is 11.3 Å². The van der Waals surface area contributed by atoms with Crippen LogP contribution in [0.2, 0.25) is 0 Å². The second-order valence-corrected chi connectivity index (χ2v) is 7.64. The molecule has 0 aliphatic heterocycles. The van der Waals surface area contributed by atoms with Crippen LogP contribution in [-0.4, -0.2) is 9.97 Å². The molecule has 0 aromatic carbocycles. The molecule has 1 fully saturated rings. The molecule has 1 aliphatic rings. The minimum Gasteiger partial charge on any atom is -0.341 e. The topological polar surface area (TPSA) is 28.7 Å². The SMILES string of the molecule is S=c1nc(-c2ccc(Br)s2)[nH]c(C2CC2)c1Br. The van der Waals surface area contributed by atoms with Gasteiger partial charge in [0.25, 0.3) is 0 Å². The molecule has 17 heavy (non-hydrogen) atoms. The van der Waals surface area contributed by atoms with Gasteiger partial charge in [0.15, 0.2) is 0 Å². The van der Waals surface area contributed by atoms with Crippen molar-refractivity contribution in [2.45, 2.75) is 18.8 Å². The van der Waals surface area contributed by atoms with Crippen molar-refractivity contribution in [3.63, 3.8) is 0 Å². The molecule has 1 N–H and O–H groups in total. The fourth-order valence-electron chi connectivity index (χ4n) is 1.69. The number of H-pyrrole nitrogens is 1. The monoisotopic (exact) mass is 390 g/mol. The first-order valence-electron chi connectivity index (χ1n) is 5.20. The predicted molar refractivity (Wildman–Crippen MR) is 80.1 cm³/mol. The highest BCUT2D eigenvalue weighted by molar-refractivity contribution is 9.11. The number of hydrogen-bond acceptors (Lipinski definition) is 3. The zero-order valence-electron chi connectivity index (χ0n) is 8.67. The maximum Gasteiger partial charge on any atom is 0.149 e. The predicted octanol–water partition coefficient (Wildman–Crippen LogP) is 5.27. The number of nitrogens with one attached hydrogen (secondary N) is 1. The first kappa shape index (κ1) is 12.0. The van der Waals surface area contributed by atoms with Crippen LogP contribution in [0.1, 0.15) is 24.5 Å². The summed E-state index contributed by atoms with van der Waals surface area (Å²) < 4.78 is 2.70. The summed E-state index contributed by atoms with van der Waals surface area (Å²) >= 11 is 13.9. The molecule has 0 saturated heterocycles. The summed E-state index contributed by atoms with van der Waals surface area (Å²) in [4.78, 5) is 8.95. The number of aromatic nitrogens is 2. The molecular weight excluding hydrogens is 384 g/mol. The van der Waals surface area contributed by atoms with Gasteiger partial charge in [0.1, 0.15) is 10.5 Å². The quantitative estimate of drug-likeness (QED) is 0.706. The van der Waals surface area contributed by atoms with E-state index in [2.05, 4.69) is 41.8 Å². The molecule has 2 aromatic rings. The van der Waals surface area contributed by atoms with E-state index in [-0.39, 0.29) is 0 Å². The molecule has 2 aromatic heterocycles. The average Bonchev–Trinajstić information content (AvgIpc) is 3.05. The van der Waals surface area contributed by atoms with Gasteiger partial charge in [-0.3, -0.25) is 0 Å². The van der Waals surface area contributed by atoms with E-state index >= 15 is 0 Å². The van der Waals surface area contributed by atoms with Gasteiger partial charge in [-0.25, -0.2) is 4.98 Å². The Labute approximate surface area is 125 Å². The van der Waals surface area contributed by atoms with Gasteiger partial charge in [-0.2, -0.15) is 0 Å². The lowest BCUT2D eigenvalue weighted by atomic mass is 10.3. The van der Waals surface area contributed by atoms with Gasteiger partial charge in [0, 0.05) is 11.6 Å². The van der Waals surface area contributed by atoms with Crippen LogP contribution in [0, 0.1) is 4.64 Å². The van der Waals surface area contributed by atoms with Crippen molar-refractivity contribution in [2.75, 3.05) is 0 Å². The molecule has 2 nitrogen and oxygen atoms in total. The molecule has 0 radical (unpaired) electrons. The number of hydrogen-bond donors (Lipinski definition) is 1. The van der Waals surface area contributed by atoms with E-state index in [1.807, 2.05) is 12.1 Å². The molecule has 0 atom stereocenters. The van der Waals surface area contributed by atoms with E-state index in [1.54, 1.807) is 11.3 Å². The van der Waals surface area contributed by atoms with Crippen molar-refractivity contribution in [2.24, 2.45) is 0 Å². The second kappa shape index (κ2) is 4.57. The molecule has 1 saturated carbocycles. The Morgan fingerprint density at radius 1 is 1.35 bits per heavy atom. The Kier molecular flexibility index (Phi) is 3.23. The van der Waals surface area contributed by atoms with Crippen LogP contribution < -0.4 is 0 Å². The number of thiophene rings is 1. The Morgan fingerprint density at radius 3 is 2.71 bits per heavy atom. The molecule has 0 amide bonds. The standard InChI is InChI=1S/C11H8Br2N2S2/c12-7-4-3-6(17-7)10-14-9(5-1-2-5)8(13)11(16)15-10/h3-5H,1-2H2,(H,14,15,16). The number of halogens is 2. The first-order chi connectivity index (χ1) is 8.15. The Bertz CT molecular complexity index is 629. The molecular formula is C11H8Br2N2S2. The minimum atomic E-state index is 0.622. The maximum absolute atomic E-state index is 5.30. The molecule has 88 valence electrons. The lowest BCUT2D eigenvalue weighted by Gasteiger charge is -2.06. The van der Waals surface area contributed by atoms with Crippen molar-refractivity contribution in [1.82, 2.24) is 9.97 Å². The average molecular weight is 392 g/mol. The van der Waals surface area contributed by atoms with Crippen molar-refractivity contribution >= 4 is 55.4 Å². The van der Waals surface area contributed by atoms with Crippen LogP contribution in [-0.2, 0) is 0 Å². The number of nitrogens with zero attached hydrogens (tertiary/aromatic N) is 1. The van der Waals surface area contributed by atoms with E-state index < -0.39 is 0 Å². The lowest BCUT2D eigenvalue weighted by Crippen LogP contribution is -1.96.